The fraction of sp³-hybridized carbons (Fsp3) is 0.190. The van der Waals surface area contributed by atoms with Gasteiger partial charge in [0.25, 0.3) is 10.0 Å². The molecule has 0 bridgehead atoms. The Hall–Kier alpha value is -2.86. The molecule has 1 aliphatic rings. The molecule has 0 aromatic heterocycles. The standard InChI is InChI=1S/C21H21NO4S/c1-15-8-10-18(11-9-15)27(24,25)22-13-16(2)12-17(14-22)19-6-4-5-7-20(19)21(23)26-3/h4-11,14H,2,12-13H2,1,3H3. The van der Waals surface area contributed by atoms with Crippen LogP contribution in [0.3, 0.4) is 0 Å². The molecule has 27 heavy (non-hydrogen) atoms. The van der Waals surface area contributed by atoms with Crippen LogP contribution in [-0.2, 0) is 14.8 Å². The SMILES string of the molecule is C=C1CC(c2ccccc2C(=O)OC)=CN(S(=O)(=O)c2ccc(C)cc2)C1. The molecular weight excluding hydrogens is 362 g/mol. The number of nitrogens with zero attached hydrogens (tertiary/aromatic N) is 1. The Morgan fingerprint density at radius 1 is 1.11 bits per heavy atom. The highest BCUT2D eigenvalue weighted by Crippen LogP contribution is 2.32. The Bertz CT molecular complexity index is 1020. The Balaban J connectivity index is 2.06. The van der Waals surface area contributed by atoms with Crippen LogP contribution in [0.2, 0.25) is 0 Å². The number of carbonyl (C=O) groups is 1. The Morgan fingerprint density at radius 2 is 1.78 bits per heavy atom. The second-order valence-corrected chi connectivity index (χ2v) is 8.37. The number of hydrogen-bond donors (Lipinski definition) is 0. The highest BCUT2D eigenvalue weighted by Gasteiger charge is 2.27. The maximum atomic E-state index is 13.0. The molecule has 0 radical (unpaired) electrons. The second-order valence-electron chi connectivity index (χ2n) is 6.48. The summed E-state index contributed by atoms with van der Waals surface area (Å²) in [7, 11) is -2.39. The van der Waals surface area contributed by atoms with Crippen LogP contribution in [0.15, 0.2) is 71.8 Å². The molecule has 0 atom stereocenters. The van der Waals surface area contributed by atoms with E-state index in [4.69, 9.17) is 4.74 Å². The summed E-state index contributed by atoms with van der Waals surface area (Å²) in [4.78, 5) is 12.3. The molecule has 0 fully saturated rings. The van der Waals surface area contributed by atoms with E-state index in [-0.39, 0.29) is 11.4 Å². The van der Waals surface area contributed by atoms with E-state index in [1.165, 1.54) is 11.4 Å². The van der Waals surface area contributed by atoms with Gasteiger partial charge in [0, 0.05) is 6.20 Å². The van der Waals surface area contributed by atoms with Gasteiger partial charge in [-0.05, 0) is 42.7 Å². The van der Waals surface area contributed by atoms with E-state index >= 15 is 0 Å². The molecule has 0 spiro atoms. The van der Waals surface area contributed by atoms with E-state index in [2.05, 4.69) is 6.58 Å². The van der Waals surface area contributed by atoms with Gasteiger partial charge in [0.2, 0.25) is 0 Å². The van der Waals surface area contributed by atoms with Crippen LogP contribution in [0.5, 0.6) is 0 Å². The van der Waals surface area contributed by atoms with Crippen molar-refractivity contribution in [1.29, 1.82) is 0 Å². The second kappa shape index (κ2) is 7.40. The summed E-state index contributed by atoms with van der Waals surface area (Å²) in [5.74, 6) is -0.462. The van der Waals surface area contributed by atoms with Gasteiger partial charge in [0.15, 0.2) is 0 Å². The fourth-order valence-corrected chi connectivity index (χ4v) is 4.40. The molecule has 0 N–H and O–H groups in total. The predicted octanol–water partition coefficient (Wildman–Crippen LogP) is 3.77. The summed E-state index contributed by atoms with van der Waals surface area (Å²) < 4.78 is 32.2. The van der Waals surface area contributed by atoms with E-state index in [0.29, 0.717) is 23.1 Å². The van der Waals surface area contributed by atoms with Crippen molar-refractivity contribution in [1.82, 2.24) is 4.31 Å². The third kappa shape index (κ3) is 3.80. The first-order valence-corrected chi connectivity index (χ1v) is 9.90. The first-order chi connectivity index (χ1) is 12.8. The van der Waals surface area contributed by atoms with Crippen LogP contribution in [0.25, 0.3) is 5.57 Å². The van der Waals surface area contributed by atoms with Crippen molar-refractivity contribution >= 4 is 21.6 Å². The molecular formula is C21H21NO4S. The molecule has 3 rings (SSSR count). The maximum Gasteiger partial charge on any atom is 0.338 e. The zero-order chi connectivity index (χ0) is 19.6. The summed E-state index contributed by atoms with van der Waals surface area (Å²) in [5.41, 5.74) is 3.49. The van der Waals surface area contributed by atoms with Crippen LogP contribution >= 0.6 is 0 Å². The number of benzene rings is 2. The predicted molar refractivity (Wildman–Crippen MR) is 105 cm³/mol. The van der Waals surface area contributed by atoms with Crippen LogP contribution in [-0.4, -0.2) is 32.3 Å². The third-order valence-corrected chi connectivity index (χ3v) is 6.15. The summed E-state index contributed by atoms with van der Waals surface area (Å²) in [6.07, 6.45) is 2.08. The number of sulfonamides is 1. The van der Waals surface area contributed by atoms with Crippen molar-refractivity contribution in [3.63, 3.8) is 0 Å². The highest BCUT2D eigenvalue weighted by molar-refractivity contribution is 7.89. The van der Waals surface area contributed by atoms with Crippen molar-refractivity contribution in [2.75, 3.05) is 13.7 Å². The van der Waals surface area contributed by atoms with Crippen molar-refractivity contribution in [2.24, 2.45) is 0 Å². The van der Waals surface area contributed by atoms with E-state index in [1.807, 2.05) is 6.92 Å². The first-order valence-electron chi connectivity index (χ1n) is 8.46. The fourth-order valence-electron chi connectivity index (χ4n) is 3.03. The van der Waals surface area contributed by atoms with Gasteiger partial charge in [0.05, 0.1) is 24.1 Å². The molecule has 6 heteroatoms. The van der Waals surface area contributed by atoms with Gasteiger partial charge < -0.3 is 4.74 Å². The minimum atomic E-state index is -3.71. The molecule has 1 aliphatic heterocycles. The van der Waals surface area contributed by atoms with Gasteiger partial charge in [0.1, 0.15) is 0 Å². The van der Waals surface area contributed by atoms with Crippen molar-refractivity contribution in [3.8, 4) is 0 Å². The van der Waals surface area contributed by atoms with Crippen molar-refractivity contribution in [2.45, 2.75) is 18.2 Å². The van der Waals surface area contributed by atoms with Crippen LogP contribution in [0.1, 0.15) is 27.9 Å². The monoisotopic (exact) mass is 383 g/mol. The summed E-state index contributed by atoms with van der Waals surface area (Å²) >= 11 is 0. The zero-order valence-electron chi connectivity index (χ0n) is 15.3. The largest absolute Gasteiger partial charge is 0.465 e. The van der Waals surface area contributed by atoms with E-state index < -0.39 is 16.0 Å². The van der Waals surface area contributed by atoms with E-state index in [0.717, 1.165) is 11.1 Å². The zero-order valence-corrected chi connectivity index (χ0v) is 16.1. The van der Waals surface area contributed by atoms with Crippen LogP contribution < -0.4 is 0 Å². The summed E-state index contributed by atoms with van der Waals surface area (Å²) in [5, 5.41) is 0. The number of methoxy groups -OCH3 is 1. The van der Waals surface area contributed by atoms with Crippen molar-refractivity contribution < 1.29 is 17.9 Å². The molecule has 2 aromatic carbocycles. The van der Waals surface area contributed by atoms with Gasteiger partial charge in [-0.15, -0.1) is 0 Å². The maximum absolute atomic E-state index is 13.0. The molecule has 140 valence electrons. The molecule has 0 amide bonds. The van der Waals surface area contributed by atoms with E-state index in [1.54, 1.807) is 54.7 Å². The molecule has 2 aromatic rings. The number of allylic oxidation sites excluding steroid dienone is 1. The smallest absolute Gasteiger partial charge is 0.338 e. The number of hydrogen-bond acceptors (Lipinski definition) is 4. The Morgan fingerprint density at radius 3 is 2.44 bits per heavy atom. The van der Waals surface area contributed by atoms with Crippen LogP contribution in [0.4, 0.5) is 0 Å². The van der Waals surface area contributed by atoms with Gasteiger partial charge in [-0.25, -0.2) is 13.2 Å². The van der Waals surface area contributed by atoms with Crippen LogP contribution in [0, 0.1) is 6.92 Å². The van der Waals surface area contributed by atoms with Gasteiger partial charge >= 0.3 is 5.97 Å². The number of aryl methyl sites for hydroxylation is 1. The molecule has 1 heterocycles. The third-order valence-electron chi connectivity index (χ3n) is 4.43. The normalized spacial score (nSPS) is 14.7. The minimum absolute atomic E-state index is 0.208. The number of rotatable bonds is 4. The lowest BCUT2D eigenvalue weighted by Gasteiger charge is -2.28. The number of carbonyl (C=O) groups excluding carboxylic acids is 1. The Labute approximate surface area is 159 Å². The van der Waals surface area contributed by atoms with Gasteiger partial charge in [-0.3, -0.25) is 4.31 Å². The highest BCUT2D eigenvalue weighted by atomic mass is 32.2. The number of esters is 1. The average Bonchev–Trinajstić information content (AvgIpc) is 2.67. The first kappa shape index (κ1) is 18.9. The minimum Gasteiger partial charge on any atom is -0.465 e. The average molecular weight is 383 g/mol. The number of ether oxygens (including phenoxy) is 1. The molecule has 0 aliphatic carbocycles. The lowest BCUT2D eigenvalue weighted by atomic mass is 9.93. The quantitative estimate of drug-likeness (QED) is 0.595. The molecule has 0 unspecified atom stereocenters. The van der Waals surface area contributed by atoms with Crippen molar-refractivity contribution in [3.05, 3.63) is 83.6 Å². The summed E-state index contributed by atoms with van der Waals surface area (Å²) in [6.45, 7) is 6.11. The van der Waals surface area contributed by atoms with Gasteiger partial charge in [-0.2, -0.15) is 0 Å². The lowest BCUT2D eigenvalue weighted by molar-refractivity contribution is 0.0600. The summed E-state index contributed by atoms with van der Waals surface area (Å²) in [6, 6.07) is 13.7. The van der Waals surface area contributed by atoms with E-state index in [9.17, 15) is 13.2 Å². The topological polar surface area (TPSA) is 63.7 Å². The Kier molecular flexibility index (Phi) is 5.19. The molecule has 0 saturated carbocycles. The molecule has 5 nitrogen and oxygen atoms in total. The lowest BCUT2D eigenvalue weighted by Crippen LogP contribution is -2.31. The molecule has 0 saturated heterocycles. The van der Waals surface area contributed by atoms with Gasteiger partial charge in [-0.1, -0.05) is 48.0 Å².